The van der Waals surface area contributed by atoms with Crippen LogP contribution >= 0.6 is 0 Å². The van der Waals surface area contributed by atoms with E-state index in [-0.39, 0.29) is 11.9 Å². The summed E-state index contributed by atoms with van der Waals surface area (Å²) in [5.41, 5.74) is 0. The van der Waals surface area contributed by atoms with Crippen molar-refractivity contribution >= 4 is 11.9 Å². The topological polar surface area (TPSA) is 92.2 Å². The normalized spacial score (nSPS) is 12.3. The van der Waals surface area contributed by atoms with E-state index >= 15 is 0 Å². The van der Waals surface area contributed by atoms with Crippen molar-refractivity contribution in [1.29, 1.82) is 0 Å². The first kappa shape index (κ1) is 15.4. The van der Waals surface area contributed by atoms with Gasteiger partial charge in [-0.3, -0.25) is 0 Å². The minimum absolute atomic E-state index is 0.175. The molecule has 0 aliphatic carbocycles. The minimum Gasteiger partial charge on any atom is -0.464 e. The maximum Gasteiger partial charge on any atom is 0.323 e. The summed E-state index contributed by atoms with van der Waals surface area (Å²) < 4.78 is 5.28. The molecule has 1 aromatic rings. The van der Waals surface area contributed by atoms with E-state index in [4.69, 9.17) is 4.74 Å². The molecule has 0 aromatic carbocycles. The summed E-state index contributed by atoms with van der Waals surface area (Å²) in [5.74, 6) is 1.03. The number of anilines is 2. The Morgan fingerprint density at radius 2 is 1.74 bits per heavy atom. The van der Waals surface area contributed by atoms with E-state index in [2.05, 4.69) is 25.6 Å². The molecular weight excluding hydrogens is 246 g/mol. The van der Waals surface area contributed by atoms with Crippen LogP contribution in [0.1, 0.15) is 27.7 Å². The predicted octanol–water partition coefficient (Wildman–Crippen LogP) is 1.13. The van der Waals surface area contributed by atoms with Gasteiger partial charge < -0.3 is 20.5 Å². The first-order valence-electron chi connectivity index (χ1n) is 6.61. The molecule has 0 saturated heterocycles. The molecular formula is C12H23N5O2. The van der Waals surface area contributed by atoms with Crippen LogP contribution < -0.4 is 15.4 Å². The number of aliphatic hydroxyl groups excluding tert-OH is 1. The summed E-state index contributed by atoms with van der Waals surface area (Å²) in [7, 11) is 0. The third-order valence-electron chi connectivity index (χ3n) is 2.46. The van der Waals surface area contributed by atoms with E-state index in [1.807, 2.05) is 27.7 Å². The third kappa shape index (κ3) is 5.25. The highest BCUT2D eigenvalue weighted by molar-refractivity contribution is 5.35. The number of nitrogens with zero attached hydrogens (tertiary/aromatic N) is 3. The van der Waals surface area contributed by atoms with Crippen LogP contribution in [-0.4, -0.2) is 45.9 Å². The fourth-order valence-electron chi connectivity index (χ4n) is 1.30. The van der Waals surface area contributed by atoms with Crippen LogP contribution in [0.4, 0.5) is 11.9 Å². The van der Waals surface area contributed by atoms with Crippen LogP contribution in [-0.2, 0) is 0 Å². The summed E-state index contributed by atoms with van der Waals surface area (Å²) in [6, 6.07) is 0.273. The molecule has 7 heteroatoms. The second-order valence-corrected chi connectivity index (χ2v) is 4.42. The molecule has 1 rings (SSSR count). The smallest absolute Gasteiger partial charge is 0.323 e. The average molecular weight is 269 g/mol. The fourth-order valence-corrected chi connectivity index (χ4v) is 1.30. The maximum absolute atomic E-state index is 9.75. The lowest BCUT2D eigenvalue weighted by Crippen LogP contribution is -2.25. The zero-order chi connectivity index (χ0) is 14.3. The standard InChI is InChI=1S/C12H23N5O2/c1-5-13-10-15-11(14-7-9(18)8(3)4)17-12(16-10)19-6-2/h8-9,18H,5-7H2,1-4H3,(H2,13,14,15,16,17). The molecule has 0 spiro atoms. The monoisotopic (exact) mass is 269 g/mol. The largest absolute Gasteiger partial charge is 0.464 e. The van der Waals surface area contributed by atoms with Crippen molar-refractivity contribution in [2.75, 3.05) is 30.3 Å². The van der Waals surface area contributed by atoms with Crippen LogP contribution in [0.25, 0.3) is 0 Å². The third-order valence-corrected chi connectivity index (χ3v) is 2.46. The summed E-state index contributed by atoms with van der Waals surface area (Å²) in [4.78, 5) is 12.4. The second kappa shape index (κ2) is 7.73. The lowest BCUT2D eigenvalue weighted by molar-refractivity contribution is 0.137. The predicted molar refractivity (Wildman–Crippen MR) is 74.5 cm³/mol. The Bertz CT molecular complexity index is 362. The van der Waals surface area contributed by atoms with Crippen molar-refractivity contribution < 1.29 is 9.84 Å². The van der Waals surface area contributed by atoms with E-state index in [0.717, 1.165) is 0 Å². The molecule has 0 aliphatic heterocycles. The van der Waals surface area contributed by atoms with Gasteiger partial charge >= 0.3 is 6.01 Å². The summed E-state index contributed by atoms with van der Waals surface area (Å²) in [6.45, 7) is 9.32. The number of hydrogen-bond acceptors (Lipinski definition) is 7. The van der Waals surface area contributed by atoms with Gasteiger partial charge in [-0.25, -0.2) is 0 Å². The molecule has 108 valence electrons. The SMILES string of the molecule is CCNc1nc(NCC(O)C(C)C)nc(OCC)n1. The Morgan fingerprint density at radius 1 is 1.11 bits per heavy atom. The number of ether oxygens (including phenoxy) is 1. The van der Waals surface area contributed by atoms with E-state index in [1.165, 1.54) is 0 Å². The maximum atomic E-state index is 9.75. The van der Waals surface area contributed by atoms with Crippen LogP contribution in [0.15, 0.2) is 0 Å². The van der Waals surface area contributed by atoms with Gasteiger partial charge in [0, 0.05) is 13.1 Å². The lowest BCUT2D eigenvalue weighted by atomic mass is 10.1. The second-order valence-electron chi connectivity index (χ2n) is 4.42. The lowest BCUT2D eigenvalue weighted by Gasteiger charge is -2.15. The molecule has 0 fully saturated rings. The highest BCUT2D eigenvalue weighted by atomic mass is 16.5. The van der Waals surface area contributed by atoms with Crippen molar-refractivity contribution in [3.05, 3.63) is 0 Å². The van der Waals surface area contributed by atoms with Crippen molar-refractivity contribution in [1.82, 2.24) is 15.0 Å². The van der Waals surface area contributed by atoms with Gasteiger partial charge in [-0.2, -0.15) is 15.0 Å². The Hall–Kier alpha value is -1.63. The van der Waals surface area contributed by atoms with Crippen LogP contribution in [0, 0.1) is 5.92 Å². The molecule has 0 amide bonds. The van der Waals surface area contributed by atoms with Gasteiger partial charge in [0.1, 0.15) is 0 Å². The van der Waals surface area contributed by atoms with E-state index in [9.17, 15) is 5.11 Å². The molecule has 1 atom stereocenters. The van der Waals surface area contributed by atoms with Crippen molar-refractivity contribution in [2.24, 2.45) is 5.92 Å². The molecule has 1 heterocycles. The van der Waals surface area contributed by atoms with Gasteiger partial charge in [0.05, 0.1) is 12.7 Å². The first-order valence-corrected chi connectivity index (χ1v) is 6.61. The van der Waals surface area contributed by atoms with Gasteiger partial charge in [0.2, 0.25) is 11.9 Å². The molecule has 1 unspecified atom stereocenters. The number of rotatable bonds is 8. The van der Waals surface area contributed by atoms with E-state index in [1.54, 1.807) is 0 Å². The Kier molecular flexibility index (Phi) is 6.27. The van der Waals surface area contributed by atoms with Gasteiger partial charge in [-0.15, -0.1) is 0 Å². The number of nitrogens with one attached hydrogen (secondary N) is 2. The van der Waals surface area contributed by atoms with Crippen molar-refractivity contribution in [3.8, 4) is 6.01 Å². The van der Waals surface area contributed by atoms with Gasteiger partial charge in [0.25, 0.3) is 0 Å². The fraction of sp³-hybridized carbons (Fsp3) is 0.750. The van der Waals surface area contributed by atoms with Crippen molar-refractivity contribution in [2.45, 2.75) is 33.8 Å². The number of aromatic nitrogens is 3. The molecule has 7 nitrogen and oxygen atoms in total. The highest BCUT2D eigenvalue weighted by Gasteiger charge is 2.11. The minimum atomic E-state index is -0.449. The molecule has 3 N–H and O–H groups in total. The van der Waals surface area contributed by atoms with Crippen LogP contribution in [0.2, 0.25) is 0 Å². The summed E-state index contributed by atoms with van der Waals surface area (Å²) in [5, 5.41) is 15.8. The van der Waals surface area contributed by atoms with Crippen molar-refractivity contribution in [3.63, 3.8) is 0 Å². The molecule has 0 aliphatic rings. The molecule has 19 heavy (non-hydrogen) atoms. The van der Waals surface area contributed by atoms with Gasteiger partial charge in [0.15, 0.2) is 0 Å². The Labute approximate surface area is 113 Å². The first-order chi connectivity index (χ1) is 9.06. The van der Waals surface area contributed by atoms with Crippen LogP contribution in [0.5, 0.6) is 6.01 Å². The molecule has 0 bridgehead atoms. The van der Waals surface area contributed by atoms with E-state index < -0.39 is 6.10 Å². The zero-order valence-electron chi connectivity index (χ0n) is 12.0. The Morgan fingerprint density at radius 3 is 2.26 bits per heavy atom. The average Bonchev–Trinajstić information content (AvgIpc) is 2.36. The Balaban J connectivity index is 2.74. The molecule has 0 radical (unpaired) electrons. The number of hydrogen-bond donors (Lipinski definition) is 3. The quantitative estimate of drug-likeness (QED) is 0.651. The molecule has 1 aromatic heterocycles. The highest BCUT2D eigenvalue weighted by Crippen LogP contribution is 2.11. The van der Waals surface area contributed by atoms with E-state index in [0.29, 0.717) is 31.6 Å². The van der Waals surface area contributed by atoms with Gasteiger partial charge in [-0.1, -0.05) is 13.8 Å². The summed E-state index contributed by atoms with van der Waals surface area (Å²) >= 11 is 0. The zero-order valence-corrected chi connectivity index (χ0v) is 12.0. The molecule has 0 saturated carbocycles. The number of aliphatic hydroxyl groups is 1. The summed E-state index contributed by atoms with van der Waals surface area (Å²) in [6.07, 6.45) is -0.449. The van der Waals surface area contributed by atoms with Gasteiger partial charge in [-0.05, 0) is 19.8 Å². The van der Waals surface area contributed by atoms with Crippen LogP contribution in [0.3, 0.4) is 0 Å².